The number of fused-ring (bicyclic) bond motifs is 1. The molecule has 0 saturated heterocycles. The standard InChI is InChI=1S/C21H24ClN3OS2/c1-4-24(5-2)12-13-25(20(26)16-8-6-7-9-18(16)27-3)21-23-17-11-10-15(22)14-19(17)28-21/h6-11,14H,4-5,12-13H2,1-3H3. The Morgan fingerprint density at radius 2 is 1.89 bits per heavy atom. The van der Waals surface area contributed by atoms with Crippen LogP contribution in [0.3, 0.4) is 0 Å². The number of carbonyl (C=O) groups excluding carboxylic acids is 1. The Morgan fingerprint density at radius 1 is 1.14 bits per heavy atom. The zero-order valence-corrected chi connectivity index (χ0v) is 18.7. The van der Waals surface area contributed by atoms with E-state index in [9.17, 15) is 4.79 Å². The van der Waals surface area contributed by atoms with Crippen LogP contribution in [0.5, 0.6) is 0 Å². The summed E-state index contributed by atoms with van der Waals surface area (Å²) in [6, 6.07) is 13.4. The van der Waals surface area contributed by atoms with Crippen molar-refractivity contribution in [1.82, 2.24) is 9.88 Å². The first kappa shape index (κ1) is 21.1. The highest BCUT2D eigenvalue weighted by Gasteiger charge is 2.23. The van der Waals surface area contributed by atoms with E-state index in [4.69, 9.17) is 16.6 Å². The fraction of sp³-hybridized carbons (Fsp3) is 0.333. The maximum absolute atomic E-state index is 13.5. The van der Waals surface area contributed by atoms with E-state index in [0.717, 1.165) is 34.7 Å². The number of hydrogen-bond donors (Lipinski definition) is 0. The number of halogens is 1. The van der Waals surface area contributed by atoms with Gasteiger partial charge < -0.3 is 4.90 Å². The van der Waals surface area contributed by atoms with Crippen LogP contribution in [0.2, 0.25) is 5.02 Å². The second kappa shape index (κ2) is 9.74. The average molecular weight is 434 g/mol. The van der Waals surface area contributed by atoms with Gasteiger partial charge in [0.25, 0.3) is 5.91 Å². The SMILES string of the molecule is CCN(CC)CCN(C(=O)c1ccccc1SC)c1nc2ccc(Cl)cc2s1. The van der Waals surface area contributed by atoms with Gasteiger partial charge in [0.2, 0.25) is 0 Å². The molecule has 3 rings (SSSR count). The molecular weight excluding hydrogens is 410 g/mol. The Bertz CT molecular complexity index is 956. The molecule has 0 spiro atoms. The summed E-state index contributed by atoms with van der Waals surface area (Å²) in [6.45, 7) is 7.58. The van der Waals surface area contributed by atoms with Gasteiger partial charge in [-0.1, -0.05) is 48.9 Å². The molecule has 28 heavy (non-hydrogen) atoms. The fourth-order valence-corrected chi connectivity index (χ4v) is 4.89. The zero-order chi connectivity index (χ0) is 20.1. The monoisotopic (exact) mass is 433 g/mol. The Balaban J connectivity index is 1.99. The molecule has 0 aliphatic carbocycles. The Kier molecular flexibility index (Phi) is 7.35. The first-order chi connectivity index (χ1) is 13.6. The molecule has 0 aliphatic heterocycles. The predicted octanol–water partition coefficient (Wildman–Crippen LogP) is 5.66. The maximum Gasteiger partial charge on any atom is 0.261 e. The topological polar surface area (TPSA) is 36.4 Å². The number of nitrogens with zero attached hydrogens (tertiary/aromatic N) is 3. The Morgan fingerprint density at radius 3 is 2.61 bits per heavy atom. The van der Waals surface area contributed by atoms with E-state index in [0.29, 0.717) is 22.3 Å². The zero-order valence-electron chi connectivity index (χ0n) is 16.3. The van der Waals surface area contributed by atoms with Crippen LogP contribution >= 0.6 is 34.7 Å². The van der Waals surface area contributed by atoms with Crippen LogP contribution in [0.25, 0.3) is 10.2 Å². The number of thiazole rings is 1. The van der Waals surface area contributed by atoms with Crippen LogP contribution in [-0.4, -0.2) is 48.2 Å². The number of benzene rings is 2. The van der Waals surface area contributed by atoms with Gasteiger partial charge in [-0.2, -0.15) is 0 Å². The second-order valence-electron chi connectivity index (χ2n) is 6.29. The number of rotatable bonds is 8. The third-order valence-electron chi connectivity index (χ3n) is 4.69. The molecule has 148 valence electrons. The van der Waals surface area contributed by atoms with Crippen molar-refractivity contribution >= 4 is 56.0 Å². The first-order valence-corrected chi connectivity index (χ1v) is 11.7. The van der Waals surface area contributed by atoms with Crippen molar-refractivity contribution in [2.45, 2.75) is 18.7 Å². The molecule has 0 bridgehead atoms. The van der Waals surface area contributed by atoms with E-state index in [1.54, 1.807) is 11.8 Å². The van der Waals surface area contributed by atoms with Crippen molar-refractivity contribution in [2.24, 2.45) is 0 Å². The third-order valence-corrected chi connectivity index (χ3v) is 6.76. The van der Waals surface area contributed by atoms with Crippen molar-refractivity contribution in [3.05, 3.63) is 53.1 Å². The number of anilines is 1. The molecule has 1 aromatic heterocycles. The molecule has 1 amide bonds. The molecule has 0 N–H and O–H groups in total. The van der Waals surface area contributed by atoms with Crippen LogP contribution in [0.1, 0.15) is 24.2 Å². The number of carbonyl (C=O) groups is 1. The quantitative estimate of drug-likeness (QED) is 0.429. The van der Waals surface area contributed by atoms with Crippen molar-refractivity contribution in [1.29, 1.82) is 0 Å². The van der Waals surface area contributed by atoms with Crippen molar-refractivity contribution in [3.63, 3.8) is 0 Å². The molecule has 2 aromatic carbocycles. The number of aromatic nitrogens is 1. The van der Waals surface area contributed by atoms with Gasteiger partial charge in [-0.25, -0.2) is 4.98 Å². The maximum atomic E-state index is 13.5. The summed E-state index contributed by atoms with van der Waals surface area (Å²) >= 11 is 9.23. The van der Waals surface area contributed by atoms with Gasteiger partial charge in [0, 0.05) is 23.0 Å². The molecule has 0 radical (unpaired) electrons. The fourth-order valence-electron chi connectivity index (χ4n) is 3.03. The minimum absolute atomic E-state index is 0.0118. The first-order valence-electron chi connectivity index (χ1n) is 9.30. The molecular formula is C21H24ClN3OS2. The third kappa shape index (κ3) is 4.69. The largest absolute Gasteiger partial charge is 0.302 e. The Labute approximate surface area is 179 Å². The smallest absolute Gasteiger partial charge is 0.261 e. The summed E-state index contributed by atoms with van der Waals surface area (Å²) in [6.07, 6.45) is 1.99. The van der Waals surface area contributed by atoms with Crippen LogP contribution < -0.4 is 4.90 Å². The van der Waals surface area contributed by atoms with Crippen LogP contribution in [0.15, 0.2) is 47.4 Å². The summed E-state index contributed by atoms with van der Waals surface area (Å²) < 4.78 is 0.987. The van der Waals surface area contributed by atoms with Gasteiger partial charge in [-0.05, 0) is 49.7 Å². The highest BCUT2D eigenvalue weighted by Crippen LogP contribution is 2.32. The number of thioether (sulfide) groups is 1. The average Bonchev–Trinajstić information content (AvgIpc) is 3.13. The van der Waals surface area contributed by atoms with Gasteiger partial charge in [-0.3, -0.25) is 9.69 Å². The van der Waals surface area contributed by atoms with Crippen molar-refractivity contribution in [3.8, 4) is 0 Å². The minimum atomic E-state index is -0.0118. The number of hydrogen-bond acceptors (Lipinski definition) is 5. The van der Waals surface area contributed by atoms with Crippen molar-refractivity contribution in [2.75, 3.05) is 37.3 Å². The number of likely N-dealkylation sites (N-methyl/N-ethyl adjacent to an activating group) is 1. The van der Waals surface area contributed by atoms with Gasteiger partial charge in [0.15, 0.2) is 5.13 Å². The van der Waals surface area contributed by atoms with Gasteiger partial charge >= 0.3 is 0 Å². The van der Waals surface area contributed by atoms with E-state index >= 15 is 0 Å². The number of amides is 1. The summed E-state index contributed by atoms with van der Waals surface area (Å²) in [5.41, 5.74) is 1.58. The minimum Gasteiger partial charge on any atom is -0.302 e. The van der Waals surface area contributed by atoms with E-state index in [-0.39, 0.29) is 5.91 Å². The molecule has 0 atom stereocenters. The van der Waals surface area contributed by atoms with Crippen LogP contribution in [-0.2, 0) is 0 Å². The highest BCUT2D eigenvalue weighted by atomic mass is 35.5. The summed E-state index contributed by atoms with van der Waals surface area (Å²) in [5.74, 6) is -0.0118. The lowest BCUT2D eigenvalue weighted by atomic mass is 10.2. The van der Waals surface area contributed by atoms with Gasteiger partial charge in [0.1, 0.15) is 0 Å². The normalized spacial score (nSPS) is 11.3. The molecule has 0 saturated carbocycles. The summed E-state index contributed by atoms with van der Waals surface area (Å²) in [4.78, 5) is 23.3. The predicted molar refractivity (Wildman–Crippen MR) is 122 cm³/mol. The lowest BCUT2D eigenvalue weighted by Gasteiger charge is -2.25. The summed E-state index contributed by atoms with van der Waals surface area (Å²) in [7, 11) is 0. The second-order valence-corrected chi connectivity index (χ2v) is 8.59. The lowest BCUT2D eigenvalue weighted by Crippen LogP contribution is -2.39. The molecule has 1 heterocycles. The van der Waals surface area contributed by atoms with E-state index in [2.05, 4.69) is 18.7 Å². The van der Waals surface area contributed by atoms with E-state index < -0.39 is 0 Å². The molecule has 4 nitrogen and oxygen atoms in total. The molecule has 0 unspecified atom stereocenters. The van der Waals surface area contributed by atoms with E-state index in [1.807, 2.05) is 53.6 Å². The molecule has 0 aliphatic rings. The van der Waals surface area contributed by atoms with Crippen molar-refractivity contribution < 1.29 is 4.79 Å². The molecule has 7 heteroatoms. The van der Waals surface area contributed by atoms with Crippen LogP contribution in [0, 0.1) is 0 Å². The Hall–Kier alpha value is -1.60. The van der Waals surface area contributed by atoms with E-state index in [1.165, 1.54) is 11.3 Å². The summed E-state index contributed by atoms with van der Waals surface area (Å²) in [5, 5.41) is 1.39. The van der Waals surface area contributed by atoms with Gasteiger partial charge in [0.05, 0.1) is 15.8 Å². The molecule has 0 fully saturated rings. The highest BCUT2D eigenvalue weighted by molar-refractivity contribution is 7.98. The lowest BCUT2D eigenvalue weighted by molar-refractivity contribution is 0.0981. The van der Waals surface area contributed by atoms with Crippen LogP contribution in [0.4, 0.5) is 5.13 Å². The molecule has 3 aromatic rings. The van der Waals surface area contributed by atoms with Gasteiger partial charge in [-0.15, -0.1) is 11.8 Å².